The summed E-state index contributed by atoms with van der Waals surface area (Å²) in [6.45, 7) is 2.50. The van der Waals surface area contributed by atoms with Gasteiger partial charge in [0.2, 0.25) is 0 Å². The summed E-state index contributed by atoms with van der Waals surface area (Å²) in [6.07, 6.45) is 3.58. The van der Waals surface area contributed by atoms with Crippen molar-refractivity contribution in [3.63, 3.8) is 0 Å². The van der Waals surface area contributed by atoms with Crippen LogP contribution in [0, 0.1) is 5.82 Å². The number of amides is 1. The van der Waals surface area contributed by atoms with Crippen LogP contribution in [0.1, 0.15) is 41.2 Å². The van der Waals surface area contributed by atoms with Crippen LogP contribution in [0.4, 0.5) is 4.39 Å². The number of rotatable bonds is 6. The first-order chi connectivity index (χ1) is 12.7. The Hall–Kier alpha value is -2.40. The lowest BCUT2D eigenvalue weighted by molar-refractivity contribution is 0.0923. The van der Waals surface area contributed by atoms with E-state index in [1.54, 1.807) is 7.11 Å². The number of ether oxygens (including phenoxy) is 1. The molecule has 1 amide bonds. The van der Waals surface area contributed by atoms with Gasteiger partial charge in [0, 0.05) is 17.7 Å². The summed E-state index contributed by atoms with van der Waals surface area (Å²) in [7, 11) is 1.67. The summed E-state index contributed by atoms with van der Waals surface area (Å²) in [6, 6.07) is 13.6. The van der Waals surface area contributed by atoms with E-state index < -0.39 is 0 Å². The van der Waals surface area contributed by atoms with Crippen molar-refractivity contribution in [2.75, 3.05) is 26.7 Å². The first-order valence-electron chi connectivity index (χ1n) is 9.10. The molecule has 0 aromatic heterocycles. The van der Waals surface area contributed by atoms with Crippen molar-refractivity contribution in [2.45, 2.75) is 25.3 Å². The van der Waals surface area contributed by atoms with Crippen LogP contribution in [0.15, 0.2) is 48.5 Å². The highest BCUT2D eigenvalue weighted by Gasteiger charge is 2.25. The van der Waals surface area contributed by atoms with Crippen molar-refractivity contribution in [3.05, 3.63) is 65.5 Å². The summed E-state index contributed by atoms with van der Waals surface area (Å²) in [5.74, 6) is 0.294. The summed E-state index contributed by atoms with van der Waals surface area (Å²) < 4.78 is 18.6. The van der Waals surface area contributed by atoms with E-state index in [9.17, 15) is 9.18 Å². The molecular weight excluding hydrogens is 331 g/mol. The SMILES string of the molecule is COc1ccccc1C(CNC(=O)c1ccc(F)cc1)N1CCCCC1. The quantitative estimate of drug-likeness (QED) is 0.856. The van der Waals surface area contributed by atoms with Crippen molar-refractivity contribution < 1.29 is 13.9 Å². The third-order valence-electron chi connectivity index (χ3n) is 4.89. The number of piperidine rings is 1. The molecule has 0 spiro atoms. The van der Waals surface area contributed by atoms with Gasteiger partial charge in [-0.25, -0.2) is 4.39 Å². The Morgan fingerprint density at radius 3 is 2.50 bits per heavy atom. The summed E-state index contributed by atoms with van der Waals surface area (Å²) in [4.78, 5) is 14.9. The number of carbonyl (C=O) groups excluding carboxylic acids is 1. The lowest BCUT2D eigenvalue weighted by Crippen LogP contribution is -2.40. The summed E-state index contributed by atoms with van der Waals surface area (Å²) >= 11 is 0. The molecule has 5 heteroatoms. The summed E-state index contributed by atoms with van der Waals surface area (Å²) in [5.41, 5.74) is 1.54. The topological polar surface area (TPSA) is 41.6 Å². The molecule has 1 aliphatic rings. The molecule has 1 heterocycles. The monoisotopic (exact) mass is 356 g/mol. The molecule has 0 bridgehead atoms. The zero-order valence-corrected chi connectivity index (χ0v) is 15.1. The van der Waals surface area contributed by atoms with Crippen LogP contribution in [-0.4, -0.2) is 37.6 Å². The third kappa shape index (κ3) is 4.41. The Balaban J connectivity index is 1.77. The van der Waals surface area contributed by atoms with Crippen molar-refractivity contribution in [2.24, 2.45) is 0 Å². The van der Waals surface area contributed by atoms with E-state index in [0.29, 0.717) is 12.1 Å². The van der Waals surface area contributed by atoms with Gasteiger partial charge in [-0.15, -0.1) is 0 Å². The predicted molar refractivity (Wildman–Crippen MR) is 99.9 cm³/mol. The molecule has 26 heavy (non-hydrogen) atoms. The van der Waals surface area contributed by atoms with Crippen LogP contribution in [-0.2, 0) is 0 Å². The van der Waals surface area contributed by atoms with Crippen LogP contribution in [0.5, 0.6) is 5.75 Å². The molecule has 1 N–H and O–H groups in total. The van der Waals surface area contributed by atoms with Gasteiger partial charge in [-0.1, -0.05) is 24.6 Å². The molecule has 2 aromatic rings. The second-order valence-electron chi connectivity index (χ2n) is 6.57. The number of halogens is 1. The van der Waals surface area contributed by atoms with Gasteiger partial charge in [0.1, 0.15) is 11.6 Å². The Morgan fingerprint density at radius 2 is 1.81 bits per heavy atom. The fourth-order valence-corrected chi connectivity index (χ4v) is 3.50. The Bertz CT molecular complexity index is 727. The molecule has 1 saturated heterocycles. The maximum absolute atomic E-state index is 13.1. The van der Waals surface area contributed by atoms with Crippen LogP contribution in [0.3, 0.4) is 0 Å². The minimum Gasteiger partial charge on any atom is -0.496 e. The van der Waals surface area contributed by atoms with Crippen LogP contribution in [0.2, 0.25) is 0 Å². The molecule has 138 valence electrons. The van der Waals surface area contributed by atoms with Gasteiger partial charge in [-0.3, -0.25) is 9.69 Å². The number of hydrogen-bond donors (Lipinski definition) is 1. The highest BCUT2D eigenvalue weighted by molar-refractivity contribution is 5.94. The first kappa shape index (κ1) is 18.4. The second-order valence-corrected chi connectivity index (χ2v) is 6.57. The summed E-state index contributed by atoms with van der Waals surface area (Å²) in [5, 5.41) is 3.01. The Labute approximate surface area is 154 Å². The van der Waals surface area contributed by atoms with Crippen LogP contribution < -0.4 is 10.1 Å². The maximum atomic E-state index is 13.1. The fourth-order valence-electron chi connectivity index (χ4n) is 3.50. The van der Waals surface area contributed by atoms with Crippen molar-refractivity contribution in [1.82, 2.24) is 10.2 Å². The van der Waals surface area contributed by atoms with E-state index in [4.69, 9.17) is 4.74 Å². The molecule has 1 aliphatic heterocycles. The van der Waals surface area contributed by atoms with E-state index in [2.05, 4.69) is 16.3 Å². The largest absolute Gasteiger partial charge is 0.496 e. The number of para-hydroxylation sites is 1. The van der Waals surface area contributed by atoms with Gasteiger partial charge in [0.05, 0.1) is 13.2 Å². The highest BCUT2D eigenvalue weighted by Crippen LogP contribution is 2.30. The van der Waals surface area contributed by atoms with Gasteiger partial charge in [-0.2, -0.15) is 0 Å². The smallest absolute Gasteiger partial charge is 0.251 e. The van der Waals surface area contributed by atoms with E-state index in [0.717, 1.165) is 37.2 Å². The van der Waals surface area contributed by atoms with E-state index >= 15 is 0 Å². The Kier molecular flexibility index (Phi) is 6.23. The molecule has 0 saturated carbocycles. The van der Waals surface area contributed by atoms with Crippen LogP contribution in [0.25, 0.3) is 0 Å². The second kappa shape index (κ2) is 8.81. The first-order valence-corrected chi connectivity index (χ1v) is 9.10. The molecule has 0 radical (unpaired) electrons. The number of nitrogens with zero attached hydrogens (tertiary/aromatic N) is 1. The highest BCUT2D eigenvalue weighted by atomic mass is 19.1. The minimum atomic E-state index is -0.346. The van der Waals surface area contributed by atoms with Gasteiger partial charge in [0.25, 0.3) is 5.91 Å². The van der Waals surface area contributed by atoms with Crippen molar-refractivity contribution in [3.8, 4) is 5.75 Å². The lowest BCUT2D eigenvalue weighted by atomic mass is 10.0. The van der Waals surface area contributed by atoms with Gasteiger partial charge in [0.15, 0.2) is 0 Å². The van der Waals surface area contributed by atoms with E-state index in [1.807, 2.05) is 18.2 Å². The van der Waals surface area contributed by atoms with Gasteiger partial charge in [-0.05, 0) is 56.3 Å². The molecule has 2 aromatic carbocycles. The molecular formula is C21H25FN2O2. The zero-order valence-electron chi connectivity index (χ0n) is 15.1. The number of hydrogen-bond acceptors (Lipinski definition) is 3. The standard InChI is InChI=1S/C21H25FN2O2/c1-26-20-8-4-3-7-18(20)19(24-13-5-2-6-14-24)15-23-21(25)16-9-11-17(22)12-10-16/h3-4,7-12,19H,2,5-6,13-15H2,1H3,(H,23,25). The molecule has 4 nitrogen and oxygen atoms in total. The third-order valence-corrected chi connectivity index (χ3v) is 4.89. The van der Waals surface area contributed by atoms with Crippen LogP contribution >= 0.6 is 0 Å². The maximum Gasteiger partial charge on any atom is 0.251 e. The molecule has 0 aliphatic carbocycles. The normalized spacial score (nSPS) is 16.1. The van der Waals surface area contributed by atoms with Gasteiger partial charge >= 0.3 is 0 Å². The average molecular weight is 356 g/mol. The molecule has 1 atom stereocenters. The van der Waals surface area contributed by atoms with E-state index in [-0.39, 0.29) is 17.8 Å². The predicted octanol–water partition coefficient (Wildman–Crippen LogP) is 3.79. The Morgan fingerprint density at radius 1 is 1.12 bits per heavy atom. The zero-order chi connectivity index (χ0) is 18.4. The number of benzene rings is 2. The van der Waals surface area contributed by atoms with Crippen molar-refractivity contribution in [1.29, 1.82) is 0 Å². The number of likely N-dealkylation sites (tertiary alicyclic amines) is 1. The van der Waals surface area contributed by atoms with Crippen molar-refractivity contribution >= 4 is 5.91 Å². The number of methoxy groups -OCH3 is 1. The average Bonchev–Trinajstić information content (AvgIpc) is 2.69. The van der Waals surface area contributed by atoms with E-state index in [1.165, 1.54) is 30.7 Å². The number of nitrogens with one attached hydrogen (secondary N) is 1. The number of carbonyl (C=O) groups is 1. The van der Waals surface area contributed by atoms with Gasteiger partial charge < -0.3 is 10.1 Å². The molecule has 1 unspecified atom stereocenters. The fraction of sp³-hybridized carbons (Fsp3) is 0.381. The molecule has 1 fully saturated rings. The lowest BCUT2D eigenvalue weighted by Gasteiger charge is -2.35. The minimum absolute atomic E-state index is 0.0517. The molecule has 3 rings (SSSR count).